The van der Waals surface area contributed by atoms with E-state index in [9.17, 15) is 15.0 Å². The van der Waals surface area contributed by atoms with E-state index in [0.29, 0.717) is 17.0 Å². The maximum absolute atomic E-state index is 12.3. The van der Waals surface area contributed by atoms with Crippen LogP contribution in [0.4, 0.5) is 0 Å². The summed E-state index contributed by atoms with van der Waals surface area (Å²) >= 11 is 0. The van der Waals surface area contributed by atoms with Crippen LogP contribution < -0.4 is 5.63 Å². The average molecular weight is 481 g/mol. The van der Waals surface area contributed by atoms with Crippen molar-refractivity contribution in [1.82, 2.24) is 0 Å². The van der Waals surface area contributed by atoms with Crippen LogP contribution in [0.2, 0.25) is 0 Å². The number of hydrogen-bond donors (Lipinski definition) is 2. The van der Waals surface area contributed by atoms with E-state index >= 15 is 0 Å². The van der Waals surface area contributed by atoms with Gasteiger partial charge in [-0.1, -0.05) is 60.5 Å². The summed E-state index contributed by atoms with van der Waals surface area (Å²) < 4.78 is 5.17. The number of aryl methyl sites for hydroxylation is 1. The number of aliphatic imine (C=N–C) groups is 2. The molecule has 3 rings (SSSR count). The molecular formula is C29H40N2O4. The molecule has 0 radical (unpaired) electrons. The zero-order valence-corrected chi connectivity index (χ0v) is 22.4. The van der Waals surface area contributed by atoms with E-state index in [0.717, 1.165) is 36.8 Å². The highest BCUT2D eigenvalue weighted by atomic mass is 16.4. The second-order valence-corrected chi connectivity index (χ2v) is 11.8. The molecule has 1 aliphatic carbocycles. The zero-order chi connectivity index (χ0) is 26.1. The van der Waals surface area contributed by atoms with Gasteiger partial charge in [-0.25, -0.2) is 4.79 Å². The Labute approximate surface area is 208 Å². The summed E-state index contributed by atoms with van der Waals surface area (Å²) in [5.74, 6) is 0.508. The minimum absolute atomic E-state index is 0.0673. The number of nitrogens with zero attached hydrogens (tertiary/aromatic N) is 2. The van der Waals surface area contributed by atoms with Crippen molar-refractivity contribution in [3.05, 3.63) is 56.6 Å². The molecule has 6 nitrogen and oxygen atoms in total. The summed E-state index contributed by atoms with van der Waals surface area (Å²) in [6.07, 6.45) is 5.58. The topological polar surface area (TPSA) is 95.4 Å². The highest BCUT2D eigenvalue weighted by molar-refractivity contribution is 6.00. The van der Waals surface area contributed by atoms with E-state index in [4.69, 9.17) is 14.4 Å². The fraction of sp³-hybridized carbons (Fsp3) is 0.552. The molecule has 0 spiro atoms. The number of benzene rings is 1. The monoisotopic (exact) mass is 480 g/mol. The molecule has 1 aliphatic rings. The molecule has 1 saturated carbocycles. The molecule has 2 aromatic rings. The minimum Gasteiger partial charge on any atom is -0.507 e. The van der Waals surface area contributed by atoms with E-state index < -0.39 is 5.63 Å². The van der Waals surface area contributed by atoms with Crippen LogP contribution in [-0.4, -0.2) is 34.2 Å². The Hall–Kier alpha value is -2.89. The van der Waals surface area contributed by atoms with Gasteiger partial charge in [0.15, 0.2) is 0 Å². The Morgan fingerprint density at radius 3 is 2.20 bits per heavy atom. The summed E-state index contributed by atoms with van der Waals surface area (Å²) in [5.41, 5.74) is 2.47. The van der Waals surface area contributed by atoms with Crippen molar-refractivity contribution in [3.63, 3.8) is 0 Å². The molecule has 1 aromatic heterocycles. The molecule has 0 bridgehead atoms. The molecule has 6 heteroatoms. The number of aromatic hydroxyl groups is 2. The second-order valence-electron chi connectivity index (χ2n) is 11.8. The average Bonchev–Trinajstić information content (AvgIpc) is 2.71. The third-order valence-corrected chi connectivity index (χ3v) is 6.69. The van der Waals surface area contributed by atoms with Crippen molar-refractivity contribution in [3.8, 4) is 11.5 Å². The van der Waals surface area contributed by atoms with Gasteiger partial charge < -0.3 is 14.6 Å². The van der Waals surface area contributed by atoms with Gasteiger partial charge >= 0.3 is 5.63 Å². The molecule has 0 saturated heterocycles. The quantitative estimate of drug-likeness (QED) is 0.510. The van der Waals surface area contributed by atoms with Gasteiger partial charge in [-0.05, 0) is 49.1 Å². The van der Waals surface area contributed by atoms with Gasteiger partial charge in [0, 0.05) is 23.4 Å². The smallest absolute Gasteiger partial charge is 0.348 e. The minimum atomic E-state index is -0.585. The first kappa shape index (κ1) is 26.7. The van der Waals surface area contributed by atoms with E-state index in [-0.39, 0.29) is 40.0 Å². The largest absolute Gasteiger partial charge is 0.507 e. The van der Waals surface area contributed by atoms with Crippen molar-refractivity contribution in [2.75, 3.05) is 0 Å². The van der Waals surface area contributed by atoms with Crippen LogP contribution in [-0.2, 0) is 10.8 Å². The molecule has 1 aromatic carbocycles. The van der Waals surface area contributed by atoms with Crippen LogP contribution in [0.25, 0.3) is 0 Å². The molecule has 1 fully saturated rings. The van der Waals surface area contributed by atoms with Gasteiger partial charge in [0.2, 0.25) is 0 Å². The van der Waals surface area contributed by atoms with Crippen LogP contribution in [0.5, 0.6) is 11.5 Å². The Morgan fingerprint density at radius 2 is 1.63 bits per heavy atom. The SMILES string of the molecule is CC(=N[C@@H]1CCCC[C@H]1N=Cc1cc(C(C)(C)C)cc(C(C)(C)C)c1O)c1c(O)cc(C)oc1=O. The second kappa shape index (κ2) is 10.00. The third kappa shape index (κ3) is 6.22. The highest BCUT2D eigenvalue weighted by Crippen LogP contribution is 2.37. The van der Waals surface area contributed by atoms with Gasteiger partial charge in [0.1, 0.15) is 22.8 Å². The summed E-state index contributed by atoms with van der Waals surface area (Å²) in [4.78, 5) is 22.0. The predicted molar refractivity (Wildman–Crippen MR) is 143 cm³/mol. The van der Waals surface area contributed by atoms with Gasteiger partial charge in [-0.3, -0.25) is 9.98 Å². The van der Waals surface area contributed by atoms with Gasteiger partial charge in [-0.2, -0.15) is 0 Å². The normalized spacial score (nSPS) is 19.9. The van der Waals surface area contributed by atoms with Crippen LogP contribution in [0.15, 0.2) is 37.4 Å². The number of rotatable bonds is 4. The van der Waals surface area contributed by atoms with Crippen LogP contribution in [0, 0.1) is 6.92 Å². The molecular weight excluding hydrogens is 440 g/mol. The Bertz CT molecular complexity index is 1190. The Balaban J connectivity index is 1.98. The molecule has 190 valence electrons. The van der Waals surface area contributed by atoms with Crippen molar-refractivity contribution >= 4 is 11.9 Å². The standard InChI is InChI=1S/C29H40N2O4/c1-17-13-24(32)25(27(34)35-17)18(2)31-23-12-10-9-11-22(23)30-16-19-14-20(28(3,4)5)15-21(26(19)33)29(6,7)8/h13-16,22-23,32-33H,9-12H2,1-8H3/t22-,23-/m1/s1. The lowest BCUT2D eigenvalue weighted by Gasteiger charge is -2.28. The van der Waals surface area contributed by atoms with Crippen LogP contribution in [0.1, 0.15) is 102 Å². The van der Waals surface area contributed by atoms with Gasteiger partial charge in [0.25, 0.3) is 0 Å². The molecule has 0 amide bonds. The van der Waals surface area contributed by atoms with E-state index in [1.807, 2.05) is 6.07 Å². The highest BCUT2D eigenvalue weighted by Gasteiger charge is 2.27. The van der Waals surface area contributed by atoms with Crippen molar-refractivity contribution < 1.29 is 14.6 Å². The van der Waals surface area contributed by atoms with Crippen molar-refractivity contribution in [2.45, 2.75) is 104 Å². The lowest BCUT2D eigenvalue weighted by molar-refractivity contribution is 0.388. The van der Waals surface area contributed by atoms with Crippen LogP contribution >= 0.6 is 0 Å². The number of phenolic OH excluding ortho intramolecular Hbond substituents is 1. The molecule has 2 N–H and O–H groups in total. The lowest BCUT2D eigenvalue weighted by atomic mass is 9.79. The number of hydrogen-bond acceptors (Lipinski definition) is 6. The van der Waals surface area contributed by atoms with Gasteiger partial charge in [-0.15, -0.1) is 0 Å². The maximum atomic E-state index is 12.3. The van der Waals surface area contributed by atoms with E-state index in [2.05, 4.69) is 47.6 Å². The predicted octanol–water partition coefficient (Wildman–Crippen LogP) is 6.19. The molecule has 35 heavy (non-hydrogen) atoms. The van der Waals surface area contributed by atoms with E-state index in [1.165, 1.54) is 6.07 Å². The van der Waals surface area contributed by atoms with E-state index in [1.54, 1.807) is 20.1 Å². The summed E-state index contributed by atoms with van der Waals surface area (Å²) in [6, 6.07) is 5.37. The number of phenols is 1. The summed E-state index contributed by atoms with van der Waals surface area (Å²) in [6.45, 7) is 16.1. The lowest BCUT2D eigenvalue weighted by Crippen LogP contribution is -2.28. The fourth-order valence-corrected chi connectivity index (χ4v) is 4.59. The maximum Gasteiger partial charge on any atom is 0.348 e. The summed E-state index contributed by atoms with van der Waals surface area (Å²) in [5, 5.41) is 21.4. The molecule has 0 aliphatic heterocycles. The molecule has 1 heterocycles. The molecule has 0 unspecified atom stereocenters. The molecule has 2 atom stereocenters. The zero-order valence-electron chi connectivity index (χ0n) is 22.4. The first-order valence-corrected chi connectivity index (χ1v) is 12.5. The summed E-state index contributed by atoms with van der Waals surface area (Å²) in [7, 11) is 0. The van der Waals surface area contributed by atoms with Gasteiger partial charge in [0.05, 0.1) is 17.8 Å². The first-order valence-electron chi connectivity index (χ1n) is 12.5. The van der Waals surface area contributed by atoms with Crippen LogP contribution in [0.3, 0.4) is 0 Å². The Kier molecular flexibility index (Phi) is 7.63. The fourth-order valence-electron chi connectivity index (χ4n) is 4.59. The third-order valence-electron chi connectivity index (χ3n) is 6.69. The van der Waals surface area contributed by atoms with Crippen molar-refractivity contribution in [2.24, 2.45) is 9.98 Å². The Morgan fingerprint density at radius 1 is 1.00 bits per heavy atom. The first-order chi connectivity index (χ1) is 16.2. The van der Waals surface area contributed by atoms with Crippen molar-refractivity contribution in [1.29, 1.82) is 0 Å².